The molecule has 3 aromatic carbocycles. The Hall–Kier alpha value is -4.19. The first-order chi connectivity index (χ1) is 20.1. The lowest BCUT2D eigenvalue weighted by atomic mass is 9.80. The van der Waals surface area contributed by atoms with Crippen molar-refractivity contribution in [2.45, 2.75) is 17.9 Å². The highest BCUT2D eigenvalue weighted by molar-refractivity contribution is 6.31. The third-order valence-electron chi connectivity index (χ3n) is 6.94. The minimum atomic E-state index is -2.48. The van der Waals surface area contributed by atoms with Crippen LogP contribution in [0.4, 0.5) is 5.82 Å². The summed E-state index contributed by atoms with van der Waals surface area (Å²) in [5.74, 6) is -3.98. The van der Waals surface area contributed by atoms with Crippen molar-refractivity contribution in [3.05, 3.63) is 128 Å². The fourth-order valence-electron chi connectivity index (χ4n) is 4.91. The number of aromatic nitrogens is 2. The summed E-state index contributed by atoms with van der Waals surface area (Å²) in [6, 6.07) is 20.9. The molecule has 1 fully saturated rings. The van der Waals surface area contributed by atoms with Crippen LogP contribution in [-0.4, -0.2) is 56.1 Å². The summed E-state index contributed by atoms with van der Waals surface area (Å²) in [5, 5.41) is 24.5. The summed E-state index contributed by atoms with van der Waals surface area (Å²) in [5.41, 5.74) is -3.15. The molecular weight excluding hydrogens is 585 g/mol. The van der Waals surface area contributed by atoms with Crippen LogP contribution in [-0.2, 0) is 10.5 Å². The summed E-state index contributed by atoms with van der Waals surface area (Å²) >= 11 is 12.0. The van der Waals surface area contributed by atoms with Gasteiger partial charge in [0.15, 0.2) is 5.78 Å². The molecule has 4 aromatic rings. The SMILES string of the molecule is O=C(Nc1ccn([C@]2(C(=O)c3ccc(Cl)cc3)O[C@H](CO)[C@@H](O)C2C(=O)c2ccc(Cl)cc2)c(=O)n1)c1ccccc1. The lowest BCUT2D eigenvalue weighted by Crippen LogP contribution is -2.55. The monoisotopic (exact) mass is 607 g/mol. The minimum Gasteiger partial charge on any atom is -0.394 e. The number of Topliss-reactive ketones (excluding diaryl/α,β-unsaturated/α-hetero) is 2. The number of anilines is 1. The Kier molecular flexibility index (Phi) is 8.35. The van der Waals surface area contributed by atoms with E-state index in [1.54, 1.807) is 30.3 Å². The Bertz CT molecular complexity index is 1700. The molecule has 0 radical (unpaired) electrons. The molecule has 42 heavy (non-hydrogen) atoms. The third kappa shape index (κ3) is 5.38. The largest absolute Gasteiger partial charge is 0.394 e. The maximum absolute atomic E-state index is 14.3. The molecule has 3 N–H and O–H groups in total. The number of ether oxygens (including phenoxy) is 1. The quantitative estimate of drug-likeness (QED) is 0.257. The van der Waals surface area contributed by atoms with E-state index >= 15 is 0 Å². The van der Waals surface area contributed by atoms with Gasteiger partial charge in [0, 0.05) is 32.9 Å². The molecule has 0 spiro atoms. The molecule has 12 heteroatoms. The van der Waals surface area contributed by atoms with Gasteiger partial charge in [-0.3, -0.25) is 19.0 Å². The van der Waals surface area contributed by atoms with Gasteiger partial charge in [0.1, 0.15) is 17.8 Å². The summed E-state index contributed by atoms with van der Waals surface area (Å²) in [4.78, 5) is 58.4. The Morgan fingerprint density at radius 1 is 0.881 bits per heavy atom. The Balaban J connectivity index is 1.66. The van der Waals surface area contributed by atoms with Crippen LogP contribution in [0.5, 0.6) is 0 Å². The molecule has 10 nitrogen and oxygen atoms in total. The number of rotatable bonds is 8. The highest BCUT2D eigenvalue weighted by Crippen LogP contribution is 2.44. The molecular formula is C30H23Cl2N3O7. The molecule has 0 bridgehead atoms. The summed E-state index contributed by atoms with van der Waals surface area (Å²) in [7, 11) is 0. The van der Waals surface area contributed by atoms with Gasteiger partial charge in [-0.25, -0.2) is 4.79 Å². The average molecular weight is 608 g/mol. The van der Waals surface area contributed by atoms with Crippen molar-refractivity contribution in [3.8, 4) is 0 Å². The van der Waals surface area contributed by atoms with E-state index in [2.05, 4.69) is 10.3 Å². The normalized spacial score (nSPS) is 21.6. The van der Waals surface area contributed by atoms with Crippen molar-refractivity contribution in [2.24, 2.45) is 5.92 Å². The fraction of sp³-hybridized carbons (Fsp3) is 0.167. The molecule has 214 valence electrons. The van der Waals surface area contributed by atoms with E-state index in [-0.39, 0.29) is 16.9 Å². The number of aliphatic hydroxyl groups is 2. The number of nitrogens with one attached hydrogen (secondary N) is 1. The van der Waals surface area contributed by atoms with Gasteiger partial charge in [0.2, 0.25) is 11.5 Å². The van der Waals surface area contributed by atoms with Crippen LogP contribution in [0.1, 0.15) is 31.1 Å². The highest BCUT2D eigenvalue weighted by atomic mass is 35.5. The molecule has 1 aliphatic rings. The van der Waals surface area contributed by atoms with Crippen LogP contribution in [0, 0.1) is 5.92 Å². The number of hydrogen-bond donors (Lipinski definition) is 3. The number of aliphatic hydroxyl groups excluding tert-OH is 2. The standard InChI is InChI=1S/C30H23Cl2N3O7/c31-20-10-6-17(7-11-20)25(37)24-26(38)22(16-36)42-30(24,27(39)18-8-12-21(32)13-9-18)35-15-14-23(34-29(35)41)33-28(40)19-4-2-1-3-5-19/h1-15,22,24,26,36,38H,16H2,(H,33,34,40,41)/t22-,24?,26-,30+/m1/s1. The lowest BCUT2D eigenvalue weighted by Gasteiger charge is -2.34. The second-order valence-corrected chi connectivity index (χ2v) is 10.4. The Morgan fingerprint density at radius 2 is 1.48 bits per heavy atom. The summed E-state index contributed by atoms with van der Waals surface area (Å²) in [6.07, 6.45) is -2.00. The minimum absolute atomic E-state index is 0.00690. The first kappa shape index (κ1) is 29.3. The van der Waals surface area contributed by atoms with Gasteiger partial charge >= 0.3 is 5.69 Å². The van der Waals surface area contributed by atoms with Crippen LogP contribution >= 0.6 is 23.2 Å². The van der Waals surface area contributed by atoms with Gasteiger partial charge in [-0.05, 0) is 66.7 Å². The van der Waals surface area contributed by atoms with Gasteiger partial charge in [0.05, 0.1) is 12.7 Å². The van der Waals surface area contributed by atoms with Crippen molar-refractivity contribution in [1.82, 2.24) is 9.55 Å². The zero-order valence-electron chi connectivity index (χ0n) is 21.7. The van der Waals surface area contributed by atoms with E-state index in [0.29, 0.717) is 15.6 Å². The zero-order valence-corrected chi connectivity index (χ0v) is 23.2. The Labute approximate surface area is 249 Å². The number of carbonyl (C=O) groups excluding carboxylic acids is 3. The number of benzene rings is 3. The summed E-state index contributed by atoms with van der Waals surface area (Å²) < 4.78 is 6.79. The predicted molar refractivity (Wildman–Crippen MR) is 154 cm³/mol. The molecule has 5 rings (SSSR count). The van der Waals surface area contributed by atoms with Gasteiger partial charge in [-0.2, -0.15) is 4.98 Å². The van der Waals surface area contributed by atoms with Gasteiger partial charge in [-0.1, -0.05) is 41.4 Å². The van der Waals surface area contributed by atoms with Crippen molar-refractivity contribution >= 4 is 46.5 Å². The number of hydrogen-bond acceptors (Lipinski definition) is 8. The van der Waals surface area contributed by atoms with E-state index in [9.17, 15) is 29.4 Å². The number of halogens is 2. The number of nitrogens with zero attached hydrogens (tertiary/aromatic N) is 2. The van der Waals surface area contributed by atoms with E-state index in [0.717, 1.165) is 10.8 Å². The lowest BCUT2D eigenvalue weighted by molar-refractivity contribution is -0.0994. The summed E-state index contributed by atoms with van der Waals surface area (Å²) in [6.45, 7) is -0.769. The van der Waals surface area contributed by atoms with Crippen molar-refractivity contribution < 1.29 is 29.3 Å². The third-order valence-corrected chi connectivity index (χ3v) is 7.44. The van der Waals surface area contributed by atoms with Gasteiger partial charge in [0.25, 0.3) is 5.91 Å². The zero-order chi connectivity index (χ0) is 30.0. The van der Waals surface area contributed by atoms with Crippen LogP contribution in [0.2, 0.25) is 10.0 Å². The number of amides is 1. The maximum Gasteiger partial charge on any atom is 0.352 e. The van der Waals surface area contributed by atoms with Gasteiger partial charge < -0.3 is 20.3 Å². The number of ketones is 2. The molecule has 1 saturated heterocycles. The average Bonchev–Trinajstić information content (AvgIpc) is 3.30. The van der Waals surface area contributed by atoms with Crippen LogP contribution in [0.15, 0.2) is 95.9 Å². The van der Waals surface area contributed by atoms with E-state index < -0.39 is 53.6 Å². The fourth-order valence-corrected chi connectivity index (χ4v) is 5.17. The second-order valence-electron chi connectivity index (χ2n) is 9.50. The topological polar surface area (TPSA) is 148 Å². The molecule has 4 atom stereocenters. The van der Waals surface area contributed by atoms with Crippen molar-refractivity contribution in [2.75, 3.05) is 11.9 Å². The predicted octanol–water partition coefficient (Wildman–Crippen LogP) is 3.59. The van der Waals surface area contributed by atoms with E-state index in [1.807, 2.05) is 0 Å². The van der Waals surface area contributed by atoms with Gasteiger partial charge in [-0.15, -0.1) is 0 Å². The van der Waals surface area contributed by atoms with E-state index in [1.165, 1.54) is 54.6 Å². The van der Waals surface area contributed by atoms with Crippen LogP contribution < -0.4 is 11.0 Å². The highest BCUT2D eigenvalue weighted by Gasteiger charge is 2.63. The molecule has 1 unspecified atom stereocenters. The van der Waals surface area contributed by atoms with Crippen LogP contribution in [0.25, 0.3) is 0 Å². The first-order valence-electron chi connectivity index (χ1n) is 12.7. The number of carbonyl (C=O) groups is 3. The van der Waals surface area contributed by atoms with E-state index in [4.69, 9.17) is 27.9 Å². The molecule has 1 aromatic heterocycles. The van der Waals surface area contributed by atoms with Crippen LogP contribution in [0.3, 0.4) is 0 Å². The molecule has 0 saturated carbocycles. The molecule has 2 heterocycles. The molecule has 1 amide bonds. The molecule has 1 aliphatic heterocycles. The first-order valence-corrected chi connectivity index (χ1v) is 13.4. The smallest absolute Gasteiger partial charge is 0.352 e. The second kappa shape index (κ2) is 12.0. The Morgan fingerprint density at radius 3 is 2.05 bits per heavy atom. The molecule has 0 aliphatic carbocycles. The maximum atomic E-state index is 14.3. The van der Waals surface area contributed by atoms with Crippen molar-refractivity contribution in [1.29, 1.82) is 0 Å². The van der Waals surface area contributed by atoms with Crippen molar-refractivity contribution in [3.63, 3.8) is 0 Å².